The Morgan fingerprint density at radius 3 is 2.41 bits per heavy atom. The van der Waals surface area contributed by atoms with Crippen LogP contribution in [0.2, 0.25) is 0 Å². The molecule has 3 heterocycles. The maximum Gasteiger partial charge on any atom is 0.263 e. The van der Waals surface area contributed by atoms with E-state index in [1.165, 1.54) is 23.7 Å². The predicted octanol–water partition coefficient (Wildman–Crippen LogP) is 4.57. The highest BCUT2D eigenvalue weighted by molar-refractivity contribution is 7.99. The first kappa shape index (κ1) is 16.4. The molecule has 3 aromatic carbocycles. The van der Waals surface area contributed by atoms with Crippen LogP contribution in [-0.2, 0) is 0 Å². The quantitative estimate of drug-likeness (QED) is 0.427. The molecule has 6 rings (SSSR count). The average molecular weight is 398 g/mol. The Balaban J connectivity index is 1.73. The third-order valence-corrected chi connectivity index (χ3v) is 6.26. The summed E-state index contributed by atoms with van der Waals surface area (Å²) in [5, 5.41) is 2.36. The van der Waals surface area contributed by atoms with Gasteiger partial charge < -0.3 is 9.97 Å². The van der Waals surface area contributed by atoms with Gasteiger partial charge in [0.15, 0.2) is 5.16 Å². The molecule has 0 radical (unpaired) electrons. The molecular formula is C22H14N4O2S. The Kier molecular flexibility index (Phi) is 3.23. The highest BCUT2D eigenvalue weighted by Crippen LogP contribution is 2.41. The number of imidazole rings is 1. The van der Waals surface area contributed by atoms with Gasteiger partial charge in [-0.15, -0.1) is 0 Å². The van der Waals surface area contributed by atoms with Crippen LogP contribution in [0.3, 0.4) is 0 Å². The van der Waals surface area contributed by atoms with Crippen molar-refractivity contribution in [2.24, 2.45) is 0 Å². The molecule has 0 bridgehead atoms. The largest absolute Gasteiger partial charge is 0.353 e. The molecule has 0 aliphatic carbocycles. The summed E-state index contributed by atoms with van der Waals surface area (Å²) in [6.07, 6.45) is 0. The fourth-order valence-corrected chi connectivity index (χ4v) is 4.85. The van der Waals surface area contributed by atoms with Crippen molar-refractivity contribution in [3.05, 3.63) is 65.7 Å². The van der Waals surface area contributed by atoms with Crippen molar-refractivity contribution >= 4 is 56.4 Å². The van der Waals surface area contributed by atoms with Gasteiger partial charge in [0.2, 0.25) is 0 Å². The molecule has 6 nitrogen and oxygen atoms in total. The van der Waals surface area contributed by atoms with Gasteiger partial charge in [0.25, 0.3) is 11.8 Å². The van der Waals surface area contributed by atoms with Gasteiger partial charge in [-0.2, -0.15) is 0 Å². The second kappa shape index (κ2) is 5.71. The number of aromatic nitrogens is 3. The van der Waals surface area contributed by atoms with E-state index in [1.807, 2.05) is 54.6 Å². The molecular weight excluding hydrogens is 384 g/mol. The van der Waals surface area contributed by atoms with Crippen LogP contribution < -0.4 is 0 Å². The van der Waals surface area contributed by atoms with Gasteiger partial charge in [-0.25, -0.2) is 4.98 Å². The van der Waals surface area contributed by atoms with Crippen LogP contribution in [0.15, 0.2) is 64.6 Å². The molecule has 1 aliphatic heterocycles. The number of rotatable bonds is 2. The van der Waals surface area contributed by atoms with E-state index in [9.17, 15) is 9.59 Å². The predicted molar refractivity (Wildman–Crippen MR) is 112 cm³/mol. The monoisotopic (exact) mass is 398 g/mol. The second-order valence-corrected chi connectivity index (χ2v) is 8.08. The maximum absolute atomic E-state index is 13.0. The highest BCUT2D eigenvalue weighted by Gasteiger charge is 2.39. The van der Waals surface area contributed by atoms with Crippen LogP contribution in [0.25, 0.3) is 32.8 Å². The third kappa shape index (κ3) is 2.16. The van der Waals surface area contributed by atoms with E-state index >= 15 is 0 Å². The lowest BCUT2D eigenvalue weighted by molar-refractivity contribution is 0.0694. The number of hydrogen-bond acceptors (Lipinski definition) is 4. The number of nitrogens with zero attached hydrogens (tertiary/aromatic N) is 2. The topological polar surface area (TPSA) is 81.8 Å². The van der Waals surface area contributed by atoms with Crippen molar-refractivity contribution < 1.29 is 9.59 Å². The number of nitrogens with one attached hydrogen (secondary N) is 2. The Labute approximate surface area is 168 Å². The van der Waals surface area contributed by atoms with Crippen molar-refractivity contribution in [2.75, 3.05) is 7.05 Å². The van der Waals surface area contributed by atoms with Gasteiger partial charge in [-0.1, -0.05) is 48.2 Å². The second-order valence-electron chi connectivity index (χ2n) is 7.02. The van der Waals surface area contributed by atoms with Crippen molar-refractivity contribution in [1.29, 1.82) is 0 Å². The number of carbonyl (C=O) groups is 2. The summed E-state index contributed by atoms with van der Waals surface area (Å²) in [5.74, 6) is -0.605. The van der Waals surface area contributed by atoms with Crippen LogP contribution in [0.5, 0.6) is 0 Å². The Bertz CT molecular complexity index is 1480. The summed E-state index contributed by atoms with van der Waals surface area (Å²) in [7, 11) is 1.52. The van der Waals surface area contributed by atoms with E-state index in [0.29, 0.717) is 21.8 Å². The van der Waals surface area contributed by atoms with Gasteiger partial charge in [-0.3, -0.25) is 14.5 Å². The number of imide groups is 1. The zero-order valence-electron chi connectivity index (χ0n) is 15.3. The van der Waals surface area contributed by atoms with E-state index in [4.69, 9.17) is 4.98 Å². The van der Waals surface area contributed by atoms with E-state index in [-0.39, 0.29) is 11.8 Å². The molecule has 0 unspecified atom stereocenters. The van der Waals surface area contributed by atoms with Crippen LogP contribution in [0.1, 0.15) is 20.7 Å². The first-order valence-electron chi connectivity index (χ1n) is 9.15. The third-order valence-electron chi connectivity index (χ3n) is 5.37. The summed E-state index contributed by atoms with van der Waals surface area (Å²) in [6, 6.07) is 17.7. The fourth-order valence-electron chi connectivity index (χ4n) is 4.04. The molecule has 1 aliphatic rings. The summed E-state index contributed by atoms with van der Waals surface area (Å²) in [5.41, 5.74) is 3.79. The van der Waals surface area contributed by atoms with Crippen LogP contribution in [0.4, 0.5) is 0 Å². The summed E-state index contributed by atoms with van der Waals surface area (Å²) in [4.78, 5) is 39.6. The molecule has 7 heteroatoms. The molecule has 2 N–H and O–H groups in total. The Morgan fingerprint density at radius 2 is 1.59 bits per heavy atom. The summed E-state index contributed by atoms with van der Waals surface area (Å²) < 4.78 is 0. The molecule has 2 aromatic heterocycles. The number of amides is 2. The first-order valence-corrected chi connectivity index (χ1v) is 9.96. The van der Waals surface area contributed by atoms with Crippen LogP contribution >= 0.6 is 11.8 Å². The van der Waals surface area contributed by atoms with Gasteiger partial charge >= 0.3 is 0 Å². The number of aromatic amines is 2. The summed E-state index contributed by atoms with van der Waals surface area (Å²) in [6.45, 7) is 0. The fraction of sp³-hybridized carbons (Fsp3) is 0.0455. The Morgan fingerprint density at radius 1 is 0.862 bits per heavy atom. The maximum atomic E-state index is 13.0. The molecule has 0 fully saturated rings. The average Bonchev–Trinajstić information content (AvgIpc) is 3.38. The minimum atomic E-state index is -0.315. The van der Waals surface area contributed by atoms with E-state index < -0.39 is 0 Å². The van der Waals surface area contributed by atoms with E-state index in [1.54, 1.807) is 0 Å². The molecule has 140 valence electrons. The van der Waals surface area contributed by atoms with Crippen molar-refractivity contribution in [3.8, 4) is 0 Å². The Hall–Kier alpha value is -3.58. The van der Waals surface area contributed by atoms with E-state index in [2.05, 4.69) is 9.97 Å². The van der Waals surface area contributed by atoms with Crippen molar-refractivity contribution in [3.63, 3.8) is 0 Å². The SMILES string of the molecule is CN1C(=O)c2c(c3c4ccccc4[nH]c3c3[nH]c(Sc4ccccc4)nc23)C1=O. The zero-order chi connectivity index (χ0) is 19.7. The molecule has 0 saturated heterocycles. The van der Waals surface area contributed by atoms with Gasteiger partial charge in [0.1, 0.15) is 5.52 Å². The van der Waals surface area contributed by atoms with Crippen molar-refractivity contribution in [2.45, 2.75) is 10.1 Å². The van der Waals surface area contributed by atoms with Crippen molar-refractivity contribution in [1.82, 2.24) is 19.9 Å². The molecule has 5 aromatic rings. The lowest BCUT2D eigenvalue weighted by atomic mass is 10.0. The normalized spacial score (nSPS) is 13.9. The van der Waals surface area contributed by atoms with Gasteiger partial charge in [0.05, 0.1) is 22.2 Å². The van der Waals surface area contributed by atoms with Gasteiger partial charge in [-0.05, 0) is 18.2 Å². The minimum absolute atomic E-state index is 0.290. The number of hydrogen-bond donors (Lipinski definition) is 2. The minimum Gasteiger partial charge on any atom is -0.353 e. The molecule has 2 amide bonds. The number of fused-ring (bicyclic) bond motifs is 8. The molecule has 0 saturated carbocycles. The number of para-hydroxylation sites is 1. The standard InChI is InChI=1S/C22H14N4O2S/c1-26-20(27)15-14-12-9-5-6-10-13(12)23-17(14)19-18(16(15)21(26)28)24-22(25-19)29-11-7-3-2-4-8-11/h2-10,23H,1H3,(H,24,25). The molecule has 0 spiro atoms. The lowest BCUT2D eigenvalue weighted by Gasteiger charge is -2.03. The summed E-state index contributed by atoms with van der Waals surface area (Å²) >= 11 is 1.49. The number of H-pyrrole nitrogens is 2. The van der Waals surface area contributed by atoms with E-state index in [0.717, 1.165) is 32.2 Å². The smallest absolute Gasteiger partial charge is 0.263 e. The lowest BCUT2D eigenvalue weighted by Crippen LogP contribution is -2.24. The first-order chi connectivity index (χ1) is 14.1. The zero-order valence-corrected chi connectivity index (χ0v) is 16.1. The molecule has 0 atom stereocenters. The number of benzene rings is 3. The van der Waals surface area contributed by atoms with Crippen LogP contribution in [0, 0.1) is 0 Å². The molecule has 29 heavy (non-hydrogen) atoms. The number of carbonyl (C=O) groups excluding carboxylic acids is 2. The van der Waals surface area contributed by atoms with Gasteiger partial charge in [0, 0.05) is 28.2 Å². The van der Waals surface area contributed by atoms with Crippen LogP contribution in [-0.4, -0.2) is 38.7 Å². The highest BCUT2D eigenvalue weighted by atomic mass is 32.2.